The van der Waals surface area contributed by atoms with E-state index >= 15 is 0 Å². The number of fused-ring (bicyclic) bond motifs is 1. The standard InChI is InChI=1S/C18H16FNO3/c19-14-6-8-16(9-7-14)22-11-15(21)12-23-17-5-1-3-13-4-2-10-20-18(13)17/h1-10,15,21H,11-12H2. The zero-order valence-corrected chi connectivity index (χ0v) is 12.4. The van der Waals surface area contributed by atoms with Crippen LogP contribution in [0.2, 0.25) is 0 Å². The Balaban J connectivity index is 1.56. The van der Waals surface area contributed by atoms with Crippen molar-refractivity contribution in [1.82, 2.24) is 4.98 Å². The summed E-state index contributed by atoms with van der Waals surface area (Å²) in [7, 11) is 0. The lowest BCUT2D eigenvalue weighted by Crippen LogP contribution is -2.25. The van der Waals surface area contributed by atoms with Crippen LogP contribution in [0.15, 0.2) is 60.8 Å². The minimum absolute atomic E-state index is 0.0594. The highest BCUT2D eigenvalue weighted by molar-refractivity contribution is 5.84. The van der Waals surface area contributed by atoms with E-state index in [1.165, 1.54) is 24.3 Å². The first-order chi connectivity index (χ1) is 11.2. The normalized spacial score (nSPS) is 12.1. The van der Waals surface area contributed by atoms with E-state index in [2.05, 4.69) is 4.98 Å². The maximum Gasteiger partial charge on any atom is 0.145 e. The van der Waals surface area contributed by atoms with Crippen molar-refractivity contribution in [3.63, 3.8) is 0 Å². The van der Waals surface area contributed by atoms with Crippen molar-refractivity contribution in [3.05, 3.63) is 66.6 Å². The second kappa shape index (κ2) is 7.07. The van der Waals surface area contributed by atoms with Gasteiger partial charge in [-0.3, -0.25) is 4.98 Å². The first-order valence-electron chi connectivity index (χ1n) is 7.25. The number of hydrogen-bond acceptors (Lipinski definition) is 4. The Labute approximate surface area is 133 Å². The SMILES string of the molecule is OC(COc1ccc(F)cc1)COc1cccc2cccnc12. The summed E-state index contributed by atoms with van der Waals surface area (Å²) < 4.78 is 23.8. The number of pyridine rings is 1. The first-order valence-corrected chi connectivity index (χ1v) is 7.25. The van der Waals surface area contributed by atoms with Crippen LogP contribution in [-0.2, 0) is 0 Å². The Morgan fingerprint density at radius 1 is 0.957 bits per heavy atom. The molecule has 1 heterocycles. The van der Waals surface area contributed by atoms with Crippen LogP contribution >= 0.6 is 0 Å². The Morgan fingerprint density at radius 2 is 1.70 bits per heavy atom. The van der Waals surface area contributed by atoms with Gasteiger partial charge in [-0.15, -0.1) is 0 Å². The van der Waals surface area contributed by atoms with Gasteiger partial charge in [-0.1, -0.05) is 18.2 Å². The van der Waals surface area contributed by atoms with Gasteiger partial charge in [0.15, 0.2) is 0 Å². The molecule has 4 nitrogen and oxygen atoms in total. The first kappa shape index (κ1) is 15.2. The van der Waals surface area contributed by atoms with E-state index in [9.17, 15) is 9.50 Å². The van der Waals surface area contributed by atoms with Gasteiger partial charge in [0.05, 0.1) is 0 Å². The number of hydrogen-bond donors (Lipinski definition) is 1. The summed E-state index contributed by atoms with van der Waals surface area (Å²) in [5, 5.41) is 10.9. The van der Waals surface area contributed by atoms with E-state index in [0.717, 1.165) is 10.9 Å². The molecule has 0 amide bonds. The Bertz CT molecular complexity index is 771. The molecular weight excluding hydrogens is 297 g/mol. The van der Waals surface area contributed by atoms with Crippen LogP contribution in [0.3, 0.4) is 0 Å². The third-order valence-corrected chi connectivity index (χ3v) is 3.28. The lowest BCUT2D eigenvalue weighted by Gasteiger charge is -2.14. The van der Waals surface area contributed by atoms with E-state index in [-0.39, 0.29) is 19.0 Å². The molecule has 2 aromatic carbocycles. The Kier molecular flexibility index (Phi) is 4.68. The smallest absolute Gasteiger partial charge is 0.145 e. The molecule has 0 saturated carbocycles. The van der Waals surface area contributed by atoms with Gasteiger partial charge in [-0.05, 0) is 36.4 Å². The molecule has 1 unspecified atom stereocenters. The van der Waals surface area contributed by atoms with Crippen LogP contribution < -0.4 is 9.47 Å². The number of nitrogens with zero attached hydrogens (tertiary/aromatic N) is 1. The second-order valence-electron chi connectivity index (χ2n) is 5.06. The lowest BCUT2D eigenvalue weighted by molar-refractivity contribution is 0.0631. The molecule has 0 aliphatic rings. The minimum atomic E-state index is -0.806. The van der Waals surface area contributed by atoms with Crippen molar-refractivity contribution in [2.75, 3.05) is 13.2 Å². The number of ether oxygens (including phenoxy) is 2. The summed E-state index contributed by atoms with van der Waals surface area (Å²) in [5.41, 5.74) is 0.752. The highest BCUT2D eigenvalue weighted by Gasteiger charge is 2.09. The predicted molar refractivity (Wildman–Crippen MR) is 85.1 cm³/mol. The average Bonchev–Trinajstić information content (AvgIpc) is 2.59. The molecular formula is C18H16FNO3. The molecule has 5 heteroatoms. The molecule has 1 atom stereocenters. The molecule has 118 valence electrons. The van der Waals surface area contributed by atoms with Crippen LogP contribution in [0, 0.1) is 5.82 Å². The van der Waals surface area contributed by atoms with Gasteiger partial charge in [0.2, 0.25) is 0 Å². The number of aliphatic hydroxyl groups is 1. The van der Waals surface area contributed by atoms with E-state index in [1.807, 2.05) is 30.3 Å². The van der Waals surface area contributed by atoms with Crippen LogP contribution in [0.4, 0.5) is 4.39 Å². The summed E-state index contributed by atoms with van der Waals surface area (Å²) in [6.07, 6.45) is 0.891. The molecule has 3 rings (SSSR count). The number of aromatic nitrogens is 1. The molecule has 0 radical (unpaired) electrons. The zero-order chi connectivity index (χ0) is 16.1. The fourth-order valence-electron chi connectivity index (χ4n) is 2.15. The molecule has 0 bridgehead atoms. The number of rotatable bonds is 6. The molecule has 0 fully saturated rings. The van der Waals surface area contributed by atoms with E-state index in [0.29, 0.717) is 11.5 Å². The fourth-order valence-corrected chi connectivity index (χ4v) is 2.15. The second-order valence-corrected chi connectivity index (χ2v) is 5.06. The number of para-hydroxylation sites is 1. The molecule has 1 N–H and O–H groups in total. The van der Waals surface area contributed by atoms with Crippen molar-refractivity contribution in [3.8, 4) is 11.5 Å². The van der Waals surface area contributed by atoms with Crippen molar-refractivity contribution in [2.45, 2.75) is 6.10 Å². The predicted octanol–water partition coefficient (Wildman–Crippen LogP) is 3.19. The highest BCUT2D eigenvalue weighted by atomic mass is 19.1. The summed E-state index contributed by atoms with van der Waals surface area (Å²) in [6.45, 7) is 0.140. The Morgan fingerprint density at radius 3 is 2.52 bits per heavy atom. The average molecular weight is 313 g/mol. The molecule has 3 aromatic rings. The number of benzene rings is 2. The minimum Gasteiger partial charge on any atom is -0.491 e. The topological polar surface area (TPSA) is 51.6 Å². The van der Waals surface area contributed by atoms with Crippen molar-refractivity contribution >= 4 is 10.9 Å². The van der Waals surface area contributed by atoms with Crippen molar-refractivity contribution in [1.29, 1.82) is 0 Å². The van der Waals surface area contributed by atoms with Gasteiger partial charge in [-0.2, -0.15) is 0 Å². The summed E-state index contributed by atoms with van der Waals surface area (Å²) >= 11 is 0. The number of aliphatic hydroxyl groups excluding tert-OH is 1. The highest BCUT2D eigenvalue weighted by Crippen LogP contribution is 2.23. The third kappa shape index (κ3) is 3.96. The maximum atomic E-state index is 12.8. The molecule has 1 aromatic heterocycles. The van der Waals surface area contributed by atoms with Gasteiger partial charge in [0, 0.05) is 11.6 Å². The molecule has 0 aliphatic carbocycles. The fraction of sp³-hybridized carbons (Fsp3) is 0.167. The van der Waals surface area contributed by atoms with Gasteiger partial charge >= 0.3 is 0 Å². The summed E-state index contributed by atoms with van der Waals surface area (Å²) in [4.78, 5) is 4.29. The van der Waals surface area contributed by atoms with E-state index < -0.39 is 6.10 Å². The zero-order valence-electron chi connectivity index (χ0n) is 12.4. The van der Waals surface area contributed by atoms with Gasteiger partial charge in [0.25, 0.3) is 0 Å². The monoisotopic (exact) mass is 313 g/mol. The lowest BCUT2D eigenvalue weighted by atomic mass is 10.2. The molecule has 23 heavy (non-hydrogen) atoms. The summed E-state index contributed by atoms with van der Waals surface area (Å²) in [5.74, 6) is 0.783. The van der Waals surface area contributed by atoms with Crippen LogP contribution in [0.25, 0.3) is 10.9 Å². The third-order valence-electron chi connectivity index (χ3n) is 3.28. The van der Waals surface area contributed by atoms with E-state index in [4.69, 9.17) is 9.47 Å². The van der Waals surface area contributed by atoms with Crippen molar-refractivity contribution in [2.24, 2.45) is 0 Å². The van der Waals surface area contributed by atoms with Crippen LogP contribution in [-0.4, -0.2) is 29.4 Å². The maximum absolute atomic E-state index is 12.8. The summed E-state index contributed by atoms with van der Waals surface area (Å²) in [6, 6.07) is 15.1. The van der Waals surface area contributed by atoms with Crippen molar-refractivity contribution < 1.29 is 19.0 Å². The van der Waals surface area contributed by atoms with Gasteiger partial charge in [-0.25, -0.2) is 4.39 Å². The molecule has 0 aliphatic heterocycles. The van der Waals surface area contributed by atoms with Crippen LogP contribution in [0.1, 0.15) is 0 Å². The molecule has 0 saturated heterocycles. The van der Waals surface area contributed by atoms with E-state index in [1.54, 1.807) is 6.20 Å². The quantitative estimate of drug-likeness (QED) is 0.759. The van der Waals surface area contributed by atoms with Gasteiger partial charge in [0.1, 0.15) is 42.2 Å². The van der Waals surface area contributed by atoms with Gasteiger partial charge < -0.3 is 14.6 Å². The number of halogens is 1. The molecule has 0 spiro atoms. The van der Waals surface area contributed by atoms with Crippen LogP contribution in [0.5, 0.6) is 11.5 Å². The largest absolute Gasteiger partial charge is 0.491 e. The Hall–Kier alpha value is -2.66.